The van der Waals surface area contributed by atoms with Gasteiger partial charge in [-0.25, -0.2) is 4.79 Å². The molecular formula is C34H68BrNO2. The van der Waals surface area contributed by atoms with Crippen molar-refractivity contribution in [3.05, 3.63) is 0 Å². The van der Waals surface area contributed by atoms with Gasteiger partial charge >= 0.3 is 5.91 Å². The lowest BCUT2D eigenvalue weighted by molar-refractivity contribution is -0.789. The van der Waals surface area contributed by atoms with Crippen LogP contribution in [-0.4, -0.2) is 25.3 Å². The Labute approximate surface area is 249 Å². The van der Waals surface area contributed by atoms with E-state index >= 15 is 0 Å². The summed E-state index contributed by atoms with van der Waals surface area (Å²) < 4.78 is 0. The van der Waals surface area contributed by atoms with Gasteiger partial charge in [-0.05, 0) is 12.8 Å². The van der Waals surface area contributed by atoms with E-state index in [9.17, 15) is 9.59 Å². The molecule has 1 amide bonds. The molecule has 0 bridgehead atoms. The van der Waals surface area contributed by atoms with Crippen LogP contribution in [0.2, 0.25) is 0 Å². The fourth-order valence-corrected chi connectivity index (χ4v) is 5.34. The van der Waals surface area contributed by atoms with Crippen LogP contribution < -0.4 is 21.9 Å². The van der Waals surface area contributed by atoms with Crippen molar-refractivity contribution in [2.75, 3.05) is 13.6 Å². The smallest absolute Gasteiger partial charge is 0.312 e. The average molecular weight is 603 g/mol. The van der Waals surface area contributed by atoms with Crippen LogP contribution in [0.4, 0.5) is 0 Å². The molecule has 3 nitrogen and oxygen atoms in total. The Kier molecular flexibility index (Phi) is 34.7. The average Bonchev–Trinajstić information content (AvgIpc) is 2.89. The Morgan fingerprint density at radius 2 is 0.684 bits per heavy atom. The normalized spacial score (nSPS) is 11.9. The summed E-state index contributed by atoms with van der Waals surface area (Å²) in [6.07, 6.45) is 35.8. The highest BCUT2D eigenvalue weighted by molar-refractivity contribution is 5.81. The number of quaternary nitrogens is 1. The maximum atomic E-state index is 12.4. The number of hydrogen-bond acceptors (Lipinski definition) is 2. The number of hydrogen-bond donors (Lipinski definition) is 1. The molecule has 0 aliphatic carbocycles. The van der Waals surface area contributed by atoms with Crippen LogP contribution in [0.3, 0.4) is 0 Å². The van der Waals surface area contributed by atoms with Crippen molar-refractivity contribution < 1.29 is 31.5 Å². The predicted molar refractivity (Wildman–Crippen MR) is 162 cm³/mol. The van der Waals surface area contributed by atoms with Crippen molar-refractivity contribution >= 4 is 11.7 Å². The van der Waals surface area contributed by atoms with E-state index < -0.39 is 0 Å². The van der Waals surface area contributed by atoms with E-state index in [1.807, 2.05) is 7.05 Å². The summed E-state index contributed by atoms with van der Waals surface area (Å²) in [6.45, 7) is 4.94. The van der Waals surface area contributed by atoms with Gasteiger partial charge in [0.2, 0.25) is 0 Å². The number of nitrogens with one attached hydrogen (secondary N) is 1. The lowest BCUT2D eigenvalue weighted by Crippen LogP contribution is -3.12. The minimum atomic E-state index is 0. The Morgan fingerprint density at radius 3 is 1.00 bits per heavy atom. The molecule has 0 aliphatic rings. The Hall–Kier alpha value is -0.220. The number of likely N-dealkylation sites (N-methyl/N-ethyl adjacent to an activating group) is 1. The highest BCUT2D eigenvalue weighted by atomic mass is 79.9. The van der Waals surface area contributed by atoms with Crippen molar-refractivity contribution in [2.45, 2.75) is 194 Å². The van der Waals surface area contributed by atoms with E-state index in [0.717, 1.165) is 30.6 Å². The summed E-state index contributed by atoms with van der Waals surface area (Å²) >= 11 is 0. The Morgan fingerprint density at radius 1 is 0.421 bits per heavy atom. The third kappa shape index (κ3) is 30.3. The van der Waals surface area contributed by atoms with Gasteiger partial charge in [0.05, 0.1) is 13.5 Å². The monoisotopic (exact) mass is 601 g/mol. The zero-order valence-corrected chi connectivity index (χ0v) is 27.8. The molecule has 0 aromatic carbocycles. The van der Waals surface area contributed by atoms with E-state index in [-0.39, 0.29) is 28.7 Å². The molecule has 1 unspecified atom stereocenters. The number of Topliss-reactive ketones (excluding diaryl/α,β-unsaturated/α-hetero) is 1. The minimum absolute atomic E-state index is 0. The molecule has 38 heavy (non-hydrogen) atoms. The first-order valence-corrected chi connectivity index (χ1v) is 17.0. The quantitative estimate of drug-likeness (QED) is 0.0946. The number of carbonyl (C=O) groups is 2. The van der Waals surface area contributed by atoms with Crippen molar-refractivity contribution in [3.8, 4) is 0 Å². The number of rotatable bonds is 30. The van der Waals surface area contributed by atoms with Crippen LogP contribution in [0.5, 0.6) is 0 Å². The predicted octanol–water partition coefficient (Wildman–Crippen LogP) is 6.56. The number of ketones is 1. The van der Waals surface area contributed by atoms with Gasteiger partial charge in [0.1, 0.15) is 6.54 Å². The minimum Gasteiger partial charge on any atom is -1.00 e. The maximum Gasteiger partial charge on any atom is 0.312 e. The van der Waals surface area contributed by atoms with E-state index in [0.29, 0.717) is 19.4 Å². The molecule has 0 spiro atoms. The second-order valence-corrected chi connectivity index (χ2v) is 11.9. The van der Waals surface area contributed by atoms with Crippen molar-refractivity contribution in [1.82, 2.24) is 0 Å². The molecule has 228 valence electrons. The lowest BCUT2D eigenvalue weighted by Gasteiger charge is -2.11. The second-order valence-electron chi connectivity index (χ2n) is 11.9. The summed E-state index contributed by atoms with van der Waals surface area (Å²) in [7, 11) is 1.88. The third-order valence-electron chi connectivity index (χ3n) is 8.00. The molecule has 0 fully saturated rings. The first kappa shape index (κ1) is 39.9. The molecule has 0 saturated heterocycles. The molecule has 0 heterocycles. The van der Waals surface area contributed by atoms with E-state index in [4.69, 9.17) is 0 Å². The molecule has 0 rings (SSSR count). The maximum absolute atomic E-state index is 12.4. The topological polar surface area (TPSA) is 38.6 Å². The highest BCUT2D eigenvalue weighted by Gasteiger charge is 2.17. The molecule has 1 atom stereocenters. The number of carbonyl (C=O) groups excluding carboxylic acids is 2. The molecule has 0 aromatic rings. The van der Waals surface area contributed by atoms with Crippen molar-refractivity contribution in [3.63, 3.8) is 0 Å². The van der Waals surface area contributed by atoms with Crippen LogP contribution in [0.25, 0.3) is 0 Å². The van der Waals surface area contributed by atoms with Gasteiger partial charge in [-0.2, -0.15) is 0 Å². The molecule has 4 heteroatoms. The van der Waals surface area contributed by atoms with Crippen LogP contribution in [0, 0.1) is 0 Å². The van der Waals surface area contributed by atoms with Crippen molar-refractivity contribution in [1.29, 1.82) is 0 Å². The summed E-state index contributed by atoms with van der Waals surface area (Å²) in [5, 5.41) is 0. The number of unbranched alkanes of at least 4 members (excludes halogenated alkanes) is 24. The van der Waals surface area contributed by atoms with E-state index in [1.54, 1.807) is 0 Å². The molecule has 0 saturated carbocycles. The molecule has 1 N–H and O–H groups in total. The molecule has 0 aliphatic heterocycles. The zero-order chi connectivity index (χ0) is 27.2. The second kappa shape index (κ2) is 33.0. The summed E-state index contributed by atoms with van der Waals surface area (Å²) in [6, 6.07) is 0. The van der Waals surface area contributed by atoms with E-state index in [1.165, 1.54) is 141 Å². The molecule has 0 radical (unpaired) electrons. The Balaban J connectivity index is 0. The van der Waals surface area contributed by atoms with Gasteiger partial charge in [0, 0.05) is 6.42 Å². The van der Waals surface area contributed by atoms with Crippen LogP contribution >= 0.6 is 0 Å². The summed E-state index contributed by atoms with van der Waals surface area (Å²) in [5.74, 6) is 0.487. The summed E-state index contributed by atoms with van der Waals surface area (Å²) in [4.78, 5) is 25.4. The van der Waals surface area contributed by atoms with Gasteiger partial charge in [0.25, 0.3) is 0 Å². The number of amides is 1. The standard InChI is InChI=1S/C34H67NO2.BrH/c1-4-6-8-10-12-14-16-18-20-22-24-26-28-30-33(36)32-35(3)34(37)31-29-27-25-23-21-19-17-15-13-11-9-7-5-2;/h4-32H2,1-3H3;1H. The Bertz CT molecular complexity index is 497. The van der Waals surface area contributed by atoms with E-state index in [2.05, 4.69) is 13.8 Å². The van der Waals surface area contributed by atoms with Gasteiger partial charge < -0.3 is 17.0 Å². The zero-order valence-electron chi connectivity index (χ0n) is 26.2. The van der Waals surface area contributed by atoms with Gasteiger partial charge in [-0.15, -0.1) is 0 Å². The lowest BCUT2D eigenvalue weighted by atomic mass is 10.0. The first-order chi connectivity index (χ1) is 18.1. The third-order valence-corrected chi connectivity index (χ3v) is 8.00. The fourth-order valence-electron chi connectivity index (χ4n) is 5.34. The molecule has 0 aromatic heterocycles. The first-order valence-electron chi connectivity index (χ1n) is 17.0. The van der Waals surface area contributed by atoms with Gasteiger partial charge in [-0.1, -0.05) is 168 Å². The highest BCUT2D eigenvalue weighted by Crippen LogP contribution is 2.14. The van der Waals surface area contributed by atoms with Gasteiger partial charge in [0.15, 0.2) is 5.78 Å². The van der Waals surface area contributed by atoms with Crippen LogP contribution in [0.1, 0.15) is 194 Å². The van der Waals surface area contributed by atoms with Crippen molar-refractivity contribution in [2.24, 2.45) is 0 Å². The largest absolute Gasteiger partial charge is 1.00 e. The molecular weight excluding hydrogens is 534 g/mol. The van der Waals surface area contributed by atoms with Crippen LogP contribution in [0.15, 0.2) is 0 Å². The summed E-state index contributed by atoms with van der Waals surface area (Å²) in [5.41, 5.74) is 0. The number of halogens is 1. The fraction of sp³-hybridized carbons (Fsp3) is 0.941. The van der Waals surface area contributed by atoms with Gasteiger partial charge in [-0.3, -0.25) is 9.69 Å². The SMILES string of the molecule is CCCCCCCCCCCCCCCC(=O)C[NH+](C)C(=O)CCCCCCCCCCCCCCC.[Br-]. The van der Waals surface area contributed by atoms with Crippen LogP contribution in [-0.2, 0) is 9.59 Å².